The van der Waals surface area contributed by atoms with Crippen molar-refractivity contribution in [3.63, 3.8) is 0 Å². The number of aryl methyl sites for hydroxylation is 1. The van der Waals surface area contributed by atoms with Crippen molar-refractivity contribution in [2.45, 2.75) is 18.8 Å². The highest BCUT2D eigenvalue weighted by molar-refractivity contribution is 5.52. The molecule has 1 aromatic rings. The Balaban J connectivity index is 2.45. The van der Waals surface area contributed by atoms with Crippen LogP contribution in [0.4, 0.5) is 5.69 Å². The third kappa shape index (κ3) is 1.06. The van der Waals surface area contributed by atoms with Gasteiger partial charge < -0.3 is 0 Å². The number of nitrogens with zero attached hydrogens (tertiary/aromatic N) is 3. The van der Waals surface area contributed by atoms with E-state index >= 15 is 0 Å². The number of hydrogen-bond acceptors (Lipinski definition) is 3. The van der Waals surface area contributed by atoms with E-state index in [-0.39, 0.29) is 0 Å². The Morgan fingerprint density at radius 1 is 1.75 bits per heavy atom. The zero-order valence-electron chi connectivity index (χ0n) is 6.82. The van der Waals surface area contributed by atoms with Gasteiger partial charge in [0.25, 0.3) is 0 Å². The molecule has 0 aromatic carbocycles. The highest BCUT2D eigenvalue weighted by Crippen LogP contribution is 2.43. The van der Waals surface area contributed by atoms with E-state index in [4.69, 9.17) is 0 Å². The lowest BCUT2D eigenvalue weighted by molar-refractivity contribution is 0.565. The van der Waals surface area contributed by atoms with E-state index in [1.54, 1.807) is 17.0 Å². The molecule has 1 saturated carbocycles. The Morgan fingerprint density at radius 2 is 2.50 bits per heavy atom. The standard InChI is InChI=1S/C8H9N3O/c1-11-8(6-2-3-6)7(4-10-11)9-5-12/h4,6H,2-3H2,1H3. The first kappa shape index (κ1) is 7.25. The lowest BCUT2D eigenvalue weighted by atomic mass is 10.2. The Labute approximate surface area is 69.9 Å². The number of aromatic nitrogens is 2. The Morgan fingerprint density at radius 3 is 3.08 bits per heavy atom. The summed E-state index contributed by atoms with van der Waals surface area (Å²) < 4.78 is 1.79. The van der Waals surface area contributed by atoms with E-state index in [0.717, 1.165) is 5.69 Å². The van der Waals surface area contributed by atoms with Gasteiger partial charge in [0.1, 0.15) is 5.69 Å². The van der Waals surface area contributed by atoms with Crippen molar-refractivity contribution in [3.8, 4) is 0 Å². The average molecular weight is 163 g/mol. The van der Waals surface area contributed by atoms with Gasteiger partial charge in [-0.1, -0.05) is 0 Å². The minimum Gasteiger partial charge on any atom is -0.270 e. The smallest absolute Gasteiger partial charge is 0.240 e. The van der Waals surface area contributed by atoms with Crippen LogP contribution in [0.1, 0.15) is 24.5 Å². The van der Waals surface area contributed by atoms with Crippen LogP contribution in [0, 0.1) is 0 Å². The highest BCUT2D eigenvalue weighted by Gasteiger charge is 2.29. The monoisotopic (exact) mass is 163 g/mol. The number of hydrogen-bond donors (Lipinski definition) is 0. The molecule has 12 heavy (non-hydrogen) atoms. The number of rotatable bonds is 2. The van der Waals surface area contributed by atoms with Crippen molar-refractivity contribution < 1.29 is 4.79 Å². The van der Waals surface area contributed by atoms with E-state index in [9.17, 15) is 4.79 Å². The van der Waals surface area contributed by atoms with Crippen LogP contribution in [-0.4, -0.2) is 15.9 Å². The zero-order chi connectivity index (χ0) is 8.55. The van der Waals surface area contributed by atoms with E-state index in [1.807, 2.05) is 7.05 Å². The fourth-order valence-corrected chi connectivity index (χ4v) is 1.40. The average Bonchev–Trinajstić information content (AvgIpc) is 2.80. The normalized spacial score (nSPS) is 15.8. The molecule has 0 aliphatic heterocycles. The minimum absolute atomic E-state index is 0.560. The molecule has 0 radical (unpaired) electrons. The fraction of sp³-hybridized carbons (Fsp3) is 0.500. The molecule has 0 amide bonds. The van der Waals surface area contributed by atoms with Crippen molar-refractivity contribution in [3.05, 3.63) is 11.9 Å². The molecule has 0 atom stereocenters. The molecule has 0 N–H and O–H groups in total. The lowest BCUT2D eigenvalue weighted by Gasteiger charge is -1.97. The second-order valence-corrected chi connectivity index (χ2v) is 3.02. The third-order valence-corrected chi connectivity index (χ3v) is 2.09. The summed E-state index contributed by atoms with van der Waals surface area (Å²) in [6, 6.07) is 0. The molecule has 1 aliphatic rings. The van der Waals surface area contributed by atoms with Crippen molar-refractivity contribution >= 4 is 11.8 Å². The van der Waals surface area contributed by atoms with Gasteiger partial charge in [0.15, 0.2) is 0 Å². The van der Waals surface area contributed by atoms with Crippen LogP contribution in [0.3, 0.4) is 0 Å². The molecule has 0 saturated heterocycles. The lowest BCUT2D eigenvalue weighted by Crippen LogP contribution is -1.95. The first-order valence-corrected chi connectivity index (χ1v) is 3.92. The van der Waals surface area contributed by atoms with Crippen molar-refractivity contribution in [2.75, 3.05) is 0 Å². The molecule has 1 fully saturated rings. The summed E-state index contributed by atoms with van der Waals surface area (Å²) in [7, 11) is 1.87. The van der Waals surface area contributed by atoms with E-state index in [1.165, 1.54) is 12.8 Å². The molecule has 62 valence electrons. The molecule has 2 rings (SSSR count). The topological polar surface area (TPSA) is 47.2 Å². The third-order valence-electron chi connectivity index (χ3n) is 2.09. The van der Waals surface area contributed by atoms with Crippen molar-refractivity contribution in [2.24, 2.45) is 12.0 Å². The summed E-state index contributed by atoms with van der Waals surface area (Å²) in [4.78, 5) is 13.6. The number of carbonyl (C=O) groups excluding carboxylic acids is 1. The van der Waals surface area contributed by atoms with Crippen molar-refractivity contribution in [1.29, 1.82) is 0 Å². The molecular weight excluding hydrogens is 154 g/mol. The van der Waals surface area contributed by atoms with Crippen LogP contribution < -0.4 is 0 Å². The van der Waals surface area contributed by atoms with Gasteiger partial charge in [0.2, 0.25) is 6.08 Å². The van der Waals surface area contributed by atoms with Crippen molar-refractivity contribution in [1.82, 2.24) is 9.78 Å². The molecule has 0 spiro atoms. The summed E-state index contributed by atoms with van der Waals surface area (Å²) in [5, 5.41) is 4.04. The predicted octanol–water partition coefficient (Wildman–Crippen LogP) is 1.26. The van der Waals surface area contributed by atoms with Gasteiger partial charge in [-0.2, -0.15) is 10.1 Å². The van der Waals surface area contributed by atoms with Crippen LogP contribution in [0.5, 0.6) is 0 Å². The van der Waals surface area contributed by atoms with Gasteiger partial charge in [-0.15, -0.1) is 0 Å². The van der Waals surface area contributed by atoms with E-state index in [2.05, 4.69) is 10.1 Å². The second-order valence-electron chi connectivity index (χ2n) is 3.02. The molecule has 1 aromatic heterocycles. The Bertz CT molecular complexity index is 345. The quantitative estimate of drug-likeness (QED) is 0.486. The van der Waals surface area contributed by atoms with Crippen LogP contribution in [0.15, 0.2) is 11.2 Å². The molecule has 0 bridgehead atoms. The predicted molar refractivity (Wildman–Crippen MR) is 43.0 cm³/mol. The first-order chi connectivity index (χ1) is 5.83. The summed E-state index contributed by atoms with van der Waals surface area (Å²) >= 11 is 0. The molecule has 4 heteroatoms. The van der Waals surface area contributed by atoms with Gasteiger partial charge in [-0.05, 0) is 12.8 Å². The fourth-order valence-electron chi connectivity index (χ4n) is 1.40. The largest absolute Gasteiger partial charge is 0.270 e. The second kappa shape index (κ2) is 2.57. The van der Waals surface area contributed by atoms with Crippen LogP contribution >= 0.6 is 0 Å². The summed E-state index contributed by atoms with van der Waals surface area (Å²) in [6.45, 7) is 0. The van der Waals surface area contributed by atoms with Gasteiger partial charge in [0, 0.05) is 13.0 Å². The Hall–Kier alpha value is -1.41. The molecule has 0 unspecified atom stereocenters. The number of aliphatic imine (C=N–C) groups is 1. The van der Waals surface area contributed by atoms with Gasteiger partial charge in [-0.25, -0.2) is 4.79 Å². The maximum Gasteiger partial charge on any atom is 0.240 e. The van der Waals surface area contributed by atoms with E-state index < -0.39 is 0 Å². The molecule has 1 aliphatic carbocycles. The summed E-state index contributed by atoms with van der Waals surface area (Å²) in [6.07, 6.45) is 5.51. The molecule has 1 heterocycles. The molecular formula is C8H9N3O. The highest BCUT2D eigenvalue weighted by atomic mass is 16.1. The van der Waals surface area contributed by atoms with Crippen LogP contribution in [0.25, 0.3) is 0 Å². The van der Waals surface area contributed by atoms with E-state index in [0.29, 0.717) is 11.6 Å². The van der Waals surface area contributed by atoms with Gasteiger partial charge in [0.05, 0.1) is 11.9 Å². The summed E-state index contributed by atoms with van der Waals surface area (Å²) in [5.74, 6) is 0.560. The zero-order valence-corrected chi connectivity index (χ0v) is 6.82. The van der Waals surface area contributed by atoms with Gasteiger partial charge in [-0.3, -0.25) is 4.68 Å². The Kier molecular flexibility index (Phi) is 1.55. The first-order valence-electron chi connectivity index (χ1n) is 3.92. The van der Waals surface area contributed by atoms with Crippen LogP contribution in [-0.2, 0) is 11.8 Å². The molecule has 4 nitrogen and oxygen atoms in total. The number of isocyanates is 1. The minimum atomic E-state index is 0.560. The summed E-state index contributed by atoms with van der Waals surface area (Å²) in [5.41, 5.74) is 1.74. The SMILES string of the molecule is Cn1ncc(N=C=O)c1C1CC1. The van der Waals surface area contributed by atoms with Gasteiger partial charge >= 0.3 is 0 Å². The maximum absolute atomic E-state index is 10.1. The maximum atomic E-state index is 10.1. The van der Waals surface area contributed by atoms with Crippen LogP contribution in [0.2, 0.25) is 0 Å².